The zero-order valence-electron chi connectivity index (χ0n) is 10.9. The lowest BCUT2D eigenvalue weighted by Gasteiger charge is -2.12. The van der Waals surface area contributed by atoms with Crippen LogP contribution in [-0.4, -0.2) is 30.2 Å². The molecule has 0 aromatic carbocycles. The van der Waals surface area contributed by atoms with Gasteiger partial charge < -0.3 is 10.1 Å². The first-order chi connectivity index (χ1) is 9.09. The maximum Gasteiger partial charge on any atom is 0.319 e. The molecule has 0 spiro atoms. The Hall–Kier alpha value is -1.43. The molecule has 1 fully saturated rings. The molecule has 0 unspecified atom stereocenters. The first kappa shape index (κ1) is 14.0. The van der Waals surface area contributed by atoms with Crippen LogP contribution in [0.1, 0.15) is 35.6 Å². The highest BCUT2D eigenvalue weighted by atomic mass is 19.3. The molecule has 2 heterocycles. The van der Waals surface area contributed by atoms with E-state index in [4.69, 9.17) is 4.74 Å². The highest BCUT2D eigenvalue weighted by Gasteiger charge is 2.20. The molecule has 1 aromatic heterocycles. The van der Waals surface area contributed by atoms with Crippen molar-refractivity contribution in [3.63, 3.8) is 0 Å². The fourth-order valence-electron chi connectivity index (χ4n) is 2.29. The fourth-order valence-corrected chi connectivity index (χ4v) is 2.29. The molecule has 0 radical (unpaired) electrons. The summed E-state index contributed by atoms with van der Waals surface area (Å²) in [5.74, 6) is 0.0104. The quantitative estimate of drug-likeness (QED) is 0.894. The van der Waals surface area contributed by atoms with Crippen LogP contribution in [0.5, 0.6) is 0 Å². The van der Waals surface area contributed by atoms with Crippen molar-refractivity contribution < 1.29 is 18.3 Å². The van der Waals surface area contributed by atoms with E-state index < -0.39 is 12.5 Å². The van der Waals surface area contributed by atoms with E-state index in [0.29, 0.717) is 18.2 Å². The van der Waals surface area contributed by atoms with Crippen molar-refractivity contribution in [2.24, 2.45) is 5.92 Å². The molecule has 1 amide bonds. The molecule has 1 N–H and O–H groups in total. The first-order valence-corrected chi connectivity index (χ1v) is 6.41. The van der Waals surface area contributed by atoms with E-state index in [-0.39, 0.29) is 5.69 Å². The van der Waals surface area contributed by atoms with E-state index in [9.17, 15) is 13.6 Å². The van der Waals surface area contributed by atoms with E-state index in [1.807, 2.05) is 0 Å². The molecule has 2 rings (SSSR count). The molecular formula is C13H18F2N2O2. The second-order valence-corrected chi connectivity index (χ2v) is 4.78. The standard InChI is InChI=1S/C13H18F2N2O2/c1-9-2-3-11(17(9)13(14)15)12(18)16-6-4-10-5-7-19-8-10/h2-3,10,13H,4-8H2,1H3,(H,16,18)/t10-/m0/s1. The monoisotopic (exact) mass is 272 g/mol. The van der Waals surface area contributed by atoms with Crippen LogP contribution in [0.25, 0.3) is 0 Å². The number of hydrogen-bond donors (Lipinski definition) is 1. The van der Waals surface area contributed by atoms with E-state index in [2.05, 4.69) is 5.32 Å². The number of hydrogen-bond acceptors (Lipinski definition) is 2. The molecule has 1 saturated heterocycles. The fraction of sp³-hybridized carbons (Fsp3) is 0.615. The summed E-state index contributed by atoms with van der Waals surface area (Å²) >= 11 is 0. The summed E-state index contributed by atoms with van der Waals surface area (Å²) in [4.78, 5) is 11.9. The molecule has 0 saturated carbocycles. The summed E-state index contributed by atoms with van der Waals surface area (Å²) in [5.41, 5.74) is 0.388. The number of halogens is 2. The lowest BCUT2D eigenvalue weighted by atomic mass is 10.1. The lowest BCUT2D eigenvalue weighted by molar-refractivity contribution is 0.0617. The number of aryl methyl sites for hydroxylation is 1. The molecule has 1 aromatic rings. The number of nitrogens with one attached hydrogen (secondary N) is 1. The molecule has 19 heavy (non-hydrogen) atoms. The van der Waals surface area contributed by atoms with Crippen molar-refractivity contribution in [3.8, 4) is 0 Å². The van der Waals surface area contributed by atoms with Gasteiger partial charge in [0, 0.05) is 25.5 Å². The van der Waals surface area contributed by atoms with E-state index in [0.717, 1.165) is 30.6 Å². The first-order valence-electron chi connectivity index (χ1n) is 6.41. The normalized spacial score (nSPS) is 19.1. The third-order valence-corrected chi connectivity index (χ3v) is 3.41. The predicted molar refractivity (Wildman–Crippen MR) is 66.3 cm³/mol. The van der Waals surface area contributed by atoms with Gasteiger partial charge in [-0.3, -0.25) is 9.36 Å². The van der Waals surface area contributed by atoms with Gasteiger partial charge in [-0.1, -0.05) is 0 Å². The number of amides is 1. The number of aromatic nitrogens is 1. The van der Waals surface area contributed by atoms with Crippen LogP contribution in [-0.2, 0) is 4.74 Å². The Labute approximate surface area is 110 Å². The predicted octanol–water partition coefficient (Wildman–Crippen LogP) is 2.35. The molecule has 1 atom stereocenters. The molecule has 0 bridgehead atoms. The number of ether oxygens (including phenoxy) is 1. The van der Waals surface area contributed by atoms with Gasteiger partial charge in [0.1, 0.15) is 5.69 Å². The van der Waals surface area contributed by atoms with Gasteiger partial charge in [-0.15, -0.1) is 0 Å². The van der Waals surface area contributed by atoms with Gasteiger partial charge in [0.05, 0.1) is 0 Å². The van der Waals surface area contributed by atoms with Crippen LogP contribution in [0.2, 0.25) is 0 Å². The number of carbonyl (C=O) groups is 1. The largest absolute Gasteiger partial charge is 0.381 e. The molecule has 0 aliphatic carbocycles. The minimum absolute atomic E-state index is 0.00942. The Morgan fingerprint density at radius 1 is 1.58 bits per heavy atom. The van der Waals surface area contributed by atoms with Gasteiger partial charge in [0.25, 0.3) is 5.91 Å². The topological polar surface area (TPSA) is 43.3 Å². The lowest BCUT2D eigenvalue weighted by Crippen LogP contribution is -2.28. The van der Waals surface area contributed by atoms with Gasteiger partial charge in [-0.05, 0) is 37.8 Å². The molecule has 6 heteroatoms. The Kier molecular flexibility index (Phi) is 4.52. The number of rotatable bonds is 5. The summed E-state index contributed by atoms with van der Waals surface area (Å²) in [6.45, 7) is 0.840. The minimum Gasteiger partial charge on any atom is -0.381 e. The summed E-state index contributed by atoms with van der Waals surface area (Å²) in [5, 5.41) is 2.69. The van der Waals surface area contributed by atoms with E-state index in [1.165, 1.54) is 12.1 Å². The Morgan fingerprint density at radius 3 is 3.00 bits per heavy atom. The SMILES string of the molecule is Cc1ccc(C(=O)NCC[C@H]2CCOC2)n1C(F)F. The van der Waals surface area contributed by atoms with Crippen LogP contribution in [0.4, 0.5) is 8.78 Å². The van der Waals surface area contributed by atoms with Gasteiger partial charge in [0.2, 0.25) is 0 Å². The number of carbonyl (C=O) groups excluding carboxylic acids is 1. The Morgan fingerprint density at radius 2 is 2.37 bits per heavy atom. The zero-order chi connectivity index (χ0) is 13.8. The van der Waals surface area contributed by atoms with Crippen molar-refractivity contribution in [2.45, 2.75) is 26.3 Å². The van der Waals surface area contributed by atoms with Crippen LogP contribution >= 0.6 is 0 Å². The van der Waals surface area contributed by atoms with Crippen molar-refractivity contribution in [2.75, 3.05) is 19.8 Å². The maximum absolute atomic E-state index is 12.8. The molecule has 4 nitrogen and oxygen atoms in total. The Balaban J connectivity index is 1.89. The van der Waals surface area contributed by atoms with Crippen molar-refractivity contribution in [1.82, 2.24) is 9.88 Å². The van der Waals surface area contributed by atoms with E-state index in [1.54, 1.807) is 6.92 Å². The van der Waals surface area contributed by atoms with Crippen LogP contribution < -0.4 is 5.32 Å². The maximum atomic E-state index is 12.8. The summed E-state index contributed by atoms with van der Waals surface area (Å²) in [6.07, 6.45) is 1.82. The smallest absolute Gasteiger partial charge is 0.319 e. The van der Waals surface area contributed by atoms with Crippen molar-refractivity contribution >= 4 is 5.91 Å². The second kappa shape index (κ2) is 6.14. The van der Waals surface area contributed by atoms with Crippen LogP contribution in [0, 0.1) is 12.8 Å². The van der Waals surface area contributed by atoms with Crippen molar-refractivity contribution in [3.05, 3.63) is 23.5 Å². The third-order valence-electron chi connectivity index (χ3n) is 3.41. The number of alkyl halides is 2. The van der Waals surface area contributed by atoms with E-state index >= 15 is 0 Å². The number of nitrogens with zero attached hydrogens (tertiary/aromatic N) is 1. The van der Waals surface area contributed by atoms with Gasteiger partial charge in [-0.25, -0.2) is 0 Å². The molecule has 106 valence electrons. The average molecular weight is 272 g/mol. The summed E-state index contributed by atoms with van der Waals surface area (Å²) in [6, 6.07) is 2.95. The zero-order valence-corrected chi connectivity index (χ0v) is 10.9. The van der Waals surface area contributed by atoms with Gasteiger partial charge >= 0.3 is 6.55 Å². The van der Waals surface area contributed by atoms with Crippen LogP contribution in [0.3, 0.4) is 0 Å². The van der Waals surface area contributed by atoms with Gasteiger partial charge in [0.15, 0.2) is 0 Å². The molecule has 1 aliphatic heterocycles. The third kappa shape index (κ3) is 3.32. The van der Waals surface area contributed by atoms with Crippen LogP contribution in [0.15, 0.2) is 12.1 Å². The highest BCUT2D eigenvalue weighted by Crippen LogP contribution is 2.19. The Bertz CT molecular complexity index is 440. The summed E-state index contributed by atoms with van der Waals surface area (Å²) < 4.78 is 31.6. The van der Waals surface area contributed by atoms with Gasteiger partial charge in [-0.2, -0.15) is 8.78 Å². The van der Waals surface area contributed by atoms with Crippen molar-refractivity contribution in [1.29, 1.82) is 0 Å². The summed E-state index contributed by atoms with van der Waals surface area (Å²) in [7, 11) is 0. The second-order valence-electron chi connectivity index (χ2n) is 4.78. The molecule has 1 aliphatic rings. The minimum atomic E-state index is -2.70. The highest BCUT2D eigenvalue weighted by molar-refractivity contribution is 5.92. The average Bonchev–Trinajstić information content (AvgIpc) is 2.97. The molecular weight excluding hydrogens is 254 g/mol.